The predicted molar refractivity (Wildman–Crippen MR) is 111 cm³/mol. The van der Waals surface area contributed by atoms with Crippen LogP contribution < -0.4 is 5.32 Å². The molecule has 2 aromatic heterocycles. The Morgan fingerprint density at radius 3 is 2.64 bits per heavy atom. The number of H-pyrrole nitrogens is 1. The van der Waals surface area contributed by atoms with Gasteiger partial charge in [0.1, 0.15) is 4.99 Å². The first-order valence-corrected chi connectivity index (χ1v) is 9.57. The Labute approximate surface area is 156 Å². The minimum Gasteiger partial charge on any atom is -0.375 e. The van der Waals surface area contributed by atoms with Gasteiger partial charge in [0.25, 0.3) is 0 Å². The van der Waals surface area contributed by atoms with Crippen LogP contribution >= 0.6 is 23.6 Å². The molecule has 0 aliphatic heterocycles. The van der Waals surface area contributed by atoms with E-state index in [9.17, 15) is 0 Å². The summed E-state index contributed by atoms with van der Waals surface area (Å²) in [6, 6.07) is 21.1. The Kier molecular flexibility index (Phi) is 4.63. The van der Waals surface area contributed by atoms with Crippen molar-refractivity contribution in [2.24, 2.45) is 0 Å². The molecule has 4 rings (SSSR count). The fourth-order valence-electron chi connectivity index (χ4n) is 2.98. The molecule has 0 radical (unpaired) electrons. The smallest absolute Gasteiger partial charge is 0.106 e. The van der Waals surface area contributed by atoms with Crippen LogP contribution in [0.2, 0.25) is 0 Å². The molecule has 0 aliphatic rings. The van der Waals surface area contributed by atoms with Crippen LogP contribution in [-0.2, 0) is 6.42 Å². The third-order valence-corrected chi connectivity index (χ3v) is 5.61. The van der Waals surface area contributed by atoms with Crippen LogP contribution in [0.4, 0.5) is 0 Å². The maximum Gasteiger partial charge on any atom is 0.106 e. The number of para-hydroxylation sites is 1. The number of aromatic nitrogens is 1. The van der Waals surface area contributed by atoms with Crippen molar-refractivity contribution in [2.75, 3.05) is 6.54 Å². The fourth-order valence-corrected chi connectivity index (χ4v) is 3.95. The molecule has 2 aromatic carbocycles. The largest absolute Gasteiger partial charge is 0.375 e. The number of thiophene rings is 1. The zero-order valence-corrected chi connectivity index (χ0v) is 15.3. The van der Waals surface area contributed by atoms with Gasteiger partial charge in [-0.25, -0.2) is 0 Å². The molecule has 4 aromatic rings. The molecule has 0 aliphatic carbocycles. The Hall–Kier alpha value is -2.43. The molecule has 0 bridgehead atoms. The normalized spacial score (nSPS) is 10.9. The molecule has 124 valence electrons. The van der Waals surface area contributed by atoms with E-state index in [-0.39, 0.29) is 0 Å². The van der Waals surface area contributed by atoms with E-state index < -0.39 is 0 Å². The summed E-state index contributed by atoms with van der Waals surface area (Å²) in [5.74, 6) is 0. The third-order valence-electron chi connectivity index (χ3n) is 4.31. The molecule has 0 fully saturated rings. The molecular formula is C21H18N2S2. The molecule has 0 amide bonds. The van der Waals surface area contributed by atoms with Crippen LogP contribution in [0.25, 0.3) is 21.3 Å². The lowest BCUT2D eigenvalue weighted by atomic mass is 10.1. The third kappa shape index (κ3) is 3.50. The van der Waals surface area contributed by atoms with E-state index in [1.807, 2.05) is 0 Å². The van der Waals surface area contributed by atoms with E-state index in [4.69, 9.17) is 12.2 Å². The Morgan fingerprint density at radius 2 is 1.84 bits per heavy atom. The van der Waals surface area contributed by atoms with Crippen LogP contribution in [-0.4, -0.2) is 16.5 Å². The van der Waals surface area contributed by atoms with E-state index in [0.717, 1.165) is 23.5 Å². The molecule has 2 heterocycles. The summed E-state index contributed by atoms with van der Waals surface area (Å²) in [6.07, 6.45) is 3.03. The van der Waals surface area contributed by atoms with Crippen LogP contribution in [0.15, 0.2) is 72.2 Å². The topological polar surface area (TPSA) is 27.8 Å². The molecule has 2 nitrogen and oxygen atoms in total. The van der Waals surface area contributed by atoms with Gasteiger partial charge >= 0.3 is 0 Å². The van der Waals surface area contributed by atoms with Gasteiger partial charge in [-0.1, -0.05) is 60.7 Å². The summed E-state index contributed by atoms with van der Waals surface area (Å²) in [4.78, 5) is 5.40. The Morgan fingerprint density at radius 1 is 1.00 bits per heavy atom. The van der Waals surface area contributed by atoms with Crippen molar-refractivity contribution in [3.05, 3.63) is 83.4 Å². The van der Waals surface area contributed by atoms with Crippen LogP contribution in [0.3, 0.4) is 0 Å². The number of hydrogen-bond donors (Lipinski definition) is 2. The molecule has 4 heteroatoms. The lowest BCUT2D eigenvalue weighted by Crippen LogP contribution is -2.24. The quantitative estimate of drug-likeness (QED) is 0.465. The first-order chi connectivity index (χ1) is 12.3. The van der Waals surface area contributed by atoms with Gasteiger partial charge in [-0.3, -0.25) is 0 Å². The van der Waals surface area contributed by atoms with Crippen molar-refractivity contribution >= 4 is 39.4 Å². The van der Waals surface area contributed by atoms with Crippen molar-refractivity contribution in [3.8, 4) is 10.4 Å². The summed E-state index contributed by atoms with van der Waals surface area (Å²) in [5.41, 5.74) is 4.80. The van der Waals surface area contributed by atoms with Gasteiger partial charge in [0.2, 0.25) is 0 Å². The summed E-state index contributed by atoms with van der Waals surface area (Å²) in [5, 5.41) is 6.76. The highest BCUT2D eigenvalue weighted by Crippen LogP contribution is 2.24. The summed E-state index contributed by atoms with van der Waals surface area (Å²) < 4.78 is 0. The maximum atomic E-state index is 5.54. The van der Waals surface area contributed by atoms with Gasteiger partial charge < -0.3 is 10.3 Å². The van der Waals surface area contributed by atoms with Crippen molar-refractivity contribution in [3.63, 3.8) is 0 Å². The van der Waals surface area contributed by atoms with E-state index >= 15 is 0 Å². The standard InChI is InChI=1S/C21H18N2S2/c24-21(16-9-7-15(8-10-16)20-6-3-13-25-20)22-12-11-17-14-23-19-5-2-1-4-18(17)19/h1-10,13-14,23H,11-12H2,(H,22,24). The summed E-state index contributed by atoms with van der Waals surface area (Å²) >= 11 is 7.29. The summed E-state index contributed by atoms with van der Waals surface area (Å²) in [7, 11) is 0. The maximum absolute atomic E-state index is 5.54. The van der Waals surface area contributed by atoms with Crippen molar-refractivity contribution in [1.29, 1.82) is 0 Å². The number of fused-ring (bicyclic) bond motifs is 1. The highest BCUT2D eigenvalue weighted by atomic mass is 32.1. The van der Waals surface area contributed by atoms with Gasteiger partial charge in [-0.15, -0.1) is 11.3 Å². The molecule has 25 heavy (non-hydrogen) atoms. The van der Waals surface area contributed by atoms with E-state index in [1.54, 1.807) is 11.3 Å². The number of hydrogen-bond acceptors (Lipinski definition) is 2. The number of benzene rings is 2. The predicted octanol–water partition coefficient (Wildman–Crippen LogP) is 5.40. The Bertz CT molecular complexity index is 982. The average molecular weight is 363 g/mol. The highest BCUT2D eigenvalue weighted by molar-refractivity contribution is 7.80. The van der Waals surface area contributed by atoms with Crippen molar-refractivity contribution in [2.45, 2.75) is 6.42 Å². The van der Waals surface area contributed by atoms with Crippen molar-refractivity contribution < 1.29 is 0 Å². The number of nitrogens with one attached hydrogen (secondary N) is 2. The monoisotopic (exact) mass is 362 g/mol. The van der Waals surface area contributed by atoms with E-state index in [0.29, 0.717) is 0 Å². The molecule has 0 spiro atoms. The average Bonchev–Trinajstić information content (AvgIpc) is 3.32. The van der Waals surface area contributed by atoms with Gasteiger partial charge in [0, 0.05) is 34.1 Å². The van der Waals surface area contributed by atoms with E-state index in [1.165, 1.54) is 26.9 Å². The zero-order chi connectivity index (χ0) is 17.1. The second-order valence-corrected chi connectivity index (χ2v) is 7.28. The van der Waals surface area contributed by atoms with Gasteiger partial charge in [-0.05, 0) is 35.1 Å². The van der Waals surface area contributed by atoms with Gasteiger partial charge in [0.15, 0.2) is 0 Å². The molecule has 0 saturated carbocycles. The molecular weight excluding hydrogens is 344 g/mol. The summed E-state index contributed by atoms with van der Waals surface area (Å²) in [6.45, 7) is 0.827. The molecule has 0 unspecified atom stereocenters. The van der Waals surface area contributed by atoms with Crippen LogP contribution in [0.1, 0.15) is 11.1 Å². The fraction of sp³-hybridized carbons (Fsp3) is 0.0952. The highest BCUT2D eigenvalue weighted by Gasteiger charge is 2.05. The number of rotatable bonds is 5. The lowest BCUT2D eigenvalue weighted by Gasteiger charge is -2.08. The SMILES string of the molecule is S=C(NCCc1c[nH]c2ccccc12)c1ccc(-c2cccs2)cc1. The van der Waals surface area contributed by atoms with Gasteiger partial charge in [-0.2, -0.15) is 0 Å². The van der Waals surface area contributed by atoms with Crippen LogP contribution in [0, 0.1) is 0 Å². The van der Waals surface area contributed by atoms with Crippen molar-refractivity contribution in [1.82, 2.24) is 10.3 Å². The molecule has 0 saturated heterocycles. The zero-order valence-electron chi connectivity index (χ0n) is 13.7. The lowest BCUT2D eigenvalue weighted by molar-refractivity contribution is 0.880. The van der Waals surface area contributed by atoms with Gasteiger partial charge in [0.05, 0.1) is 0 Å². The Balaban J connectivity index is 1.37. The molecule has 0 atom stereocenters. The van der Waals surface area contributed by atoms with Crippen LogP contribution in [0.5, 0.6) is 0 Å². The number of aromatic amines is 1. The first kappa shape index (κ1) is 16.1. The van der Waals surface area contributed by atoms with E-state index in [2.05, 4.69) is 82.5 Å². The minimum absolute atomic E-state index is 0.803. The minimum atomic E-state index is 0.803. The second kappa shape index (κ2) is 7.21. The number of thiocarbonyl (C=S) groups is 1. The molecule has 2 N–H and O–H groups in total. The first-order valence-electron chi connectivity index (χ1n) is 8.28. The second-order valence-electron chi connectivity index (χ2n) is 5.92.